The van der Waals surface area contributed by atoms with Crippen LogP contribution in [0.15, 0.2) is 24.3 Å². The standard InChI is InChI=1S/C21H32N2O3/c1-8-23-13-20(4,5)26-18(24)17(23)21(6,7)19(25)22-16-11-9-15(10-12-16)14(2)3/h9-12,14,17H,8,13H2,1-7H3,(H,22,25). The molecule has 0 bridgehead atoms. The number of hydrogen-bond donors (Lipinski definition) is 1. The Morgan fingerprint density at radius 1 is 1.31 bits per heavy atom. The van der Waals surface area contributed by atoms with Gasteiger partial charge in [-0.2, -0.15) is 0 Å². The molecule has 5 heteroatoms. The number of esters is 1. The molecule has 0 radical (unpaired) electrons. The maximum absolute atomic E-state index is 13.0. The van der Waals surface area contributed by atoms with Crippen molar-refractivity contribution in [2.24, 2.45) is 5.41 Å². The minimum absolute atomic E-state index is 0.185. The van der Waals surface area contributed by atoms with Crippen molar-refractivity contribution in [2.45, 2.75) is 66.0 Å². The van der Waals surface area contributed by atoms with Gasteiger partial charge in [-0.1, -0.05) is 32.9 Å². The number of nitrogens with one attached hydrogen (secondary N) is 1. The highest BCUT2D eigenvalue weighted by Gasteiger charge is 2.50. The van der Waals surface area contributed by atoms with E-state index in [1.165, 1.54) is 5.56 Å². The molecule has 2 rings (SSSR count). The number of rotatable bonds is 5. The highest BCUT2D eigenvalue weighted by atomic mass is 16.6. The molecule has 1 aromatic carbocycles. The van der Waals surface area contributed by atoms with Crippen molar-refractivity contribution >= 4 is 17.6 Å². The van der Waals surface area contributed by atoms with Crippen molar-refractivity contribution in [1.29, 1.82) is 0 Å². The van der Waals surface area contributed by atoms with Gasteiger partial charge in [0.15, 0.2) is 0 Å². The normalized spacial score (nSPS) is 20.8. The van der Waals surface area contributed by atoms with Crippen LogP contribution in [0.3, 0.4) is 0 Å². The molecule has 1 aromatic rings. The first-order valence-electron chi connectivity index (χ1n) is 9.36. The fourth-order valence-corrected chi connectivity index (χ4v) is 3.50. The fraction of sp³-hybridized carbons (Fsp3) is 0.619. The van der Waals surface area contributed by atoms with Crippen molar-refractivity contribution in [3.63, 3.8) is 0 Å². The molecule has 1 unspecified atom stereocenters. The predicted molar refractivity (Wildman–Crippen MR) is 104 cm³/mol. The summed E-state index contributed by atoms with van der Waals surface area (Å²) in [5, 5.41) is 2.96. The van der Waals surface area contributed by atoms with Crippen LogP contribution in [0.1, 0.15) is 59.9 Å². The zero-order chi connectivity index (χ0) is 19.7. The minimum Gasteiger partial charge on any atom is -0.457 e. The van der Waals surface area contributed by atoms with E-state index in [1.807, 2.05) is 49.9 Å². The second-order valence-electron chi connectivity index (χ2n) is 8.60. The number of amides is 1. The van der Waals surface area contributed by atoms with Gasteiger partial charge in [0, 0.05) is 12.2 Å². The van der Waals surface area contributed by atoms with Crippen LogP contribution in [0, 0.1) is 5.41 Å². The van der Waals surface area contributed by atoms with Gasteiger partial charge in [-0.3, -0.25) is 14.5 Å². The van der Waals surface area contributed by atoms with Crippen molar-refractivity contribution in [1.82, 2.24) is 4.90 Å². The van der Waals surface area contributed by atoms with E-state index in [-0.39, 0.29) is 11.9 Å². The van der Waals surface area contributed by atoms with Gasteiger partial charge in [0.05, 0.1) is 5.41 Å². The second kappa shape index (κ2) is 7.39. The number of likely N-dealkylation sites (N-methyl/N-ethyl adjacent to an activating group) is 1. The highest BCUT2D eigenvalue weighted by molar-refractivity contribution is 5.99. The lowest BCUT2D eigenvalue weighted by Gasteiger charge is -2.47. The summed E-state index contributed by atoms with van der Waals surface area (Å²) >= 11 is 0. The zero-order valence-electron chi connectivity index (χ0n) is 17.1. The van der Waals surface area contributed by atoms with Crippen LogP contribution in [0.2, 0.25) is 0 Å². The smallest absolute Gasteiger partial charge is 0.325 e. The van der Waals surface area contributed by atoms with Gasteiger partial charge in [0.25, 0.3) is 0 Å². The van der Waals surface area contributed by atoms with Crippen LogP contribution in [0.25, 0.3) is 0 Å². The van der Waals surface area contributed by atoms with Crippen molar-refractivity contribution < 1.29 is 14.3 Å². The molecule has 1 heterocycles. The van der Waals surface area contributed by atoms with Crippen molar-refractivity contribution in [3.8, 4) is 0 Å². The second-order valence-corrected chi connectivity index (χ2v) is 8.60. The van der Waals surface area contributed by atoms with Gasteiger partial charge >= 0.3 is 5.97 Å². The first kappa shape index (κ1) is 20.4. The van der Waals surface area contributed by atoms with Gasteiger partial charge in [0.1, 0.15) is 11.6 Å². The van der Waals surface area contributed by atoms with Crippen LogP contribution >= 0.6 is 0 Å². The van der Waals surface area contributed by atoms with Gasteiger partial charge in [-0.15, -0.1) is 0 Å². The van der Waals surface area contributed by atoms with Crippen LogP contribution in [0.5, 0.6) is 0 Å². The molecule has 0 aromatic heterocycles. The number of carbonyl (C=O) groups excluding carboxylic acids is 2. The Morgan fingerprint density at radius 3 is 2.38 bits per heavy atom. The van der Waals surface area contributed by atoms with Crippen LogP contribution in [0.4, 0.5) is 5.69 Å². The van der Waals surface area contributed by atoms with E-state index in [4.69, 9.17) is 4.74 Å². The number of hydrogen-bond acceptors (Lipinski definition) is 4. The number of nitrogens with zero attached hydrogens (tertiary/aromatic N) is 1. The largest absolute Gasteiger partial charge is 0.457 e. The quantitative estimate of drug-likeness (QED) is 0.812. The minimum atomic E-state index is -0.916. The zero-order valence-corrected chi connectivity index (χ0v) is 17.1. The Kier molecular flexibility index (Phi) is 5.81. The Labute approximate surface area is 157 Å². The van der Waals surface area contributed by atoms with E-state index in [2.05, 4.69) is 19.2 Å². The summed E-state index contributed by atoms with van der Waals surface area (Å²) < 4.78 is 5.59. The third kappa shape index (κ3) is 4.26. The first-order chi connectivity index (χ1) is 12.0. The van der Waals surface area contributed by atoms with E-state index in [0.717, 1.165) is 5.69 Å². The lowest BCUT2D eigenvalue weighted by atomic mass is 9.80. The Bertz CT molecular complexity index is 662. The number of ether oxygens (including phenoxy) is 1. The molecule has 144 valence electrons. The first-order valence-corrected chi connectivity index (χ1v) is 9.36. The fourth-order valence-electron chi connectivity index (χ4n) is 3.50. The molecule has 0 spiro atoms. The third-order valence-corrected chi connectivity index (χ3v) is 5.06. The lowest BCUT2D eigenvalue weighted by molar-refractivity contribution is -0.186. The van der Waals surface area contributed by atoms with Crippen LogP contribution in [-0.4, -0.2) is 41.5 Å². The molecule has 0 saturated carbocycles. The van der Waals surface area contributed by atoms with E-state index in [9.17, 15) is 9.59 Å². The monoisotopic (exact) mass is 360 g/mol. The van der Waals surface area contributed by atoms with Crippen molar-refractivity contribution in [3.05, 3.63) is 29.8 Å². The Hall–Kier alpha value is -1.88. The molecule has 5 nitrogen and oxygen atoms in total. The molecule has 1 amide bonds. The van der Waals surface area contributed by atoms with Gasteiger partial charge in [-0.25, -0.2) is 0 Å². The van der Waals surface area contributed by atoms with E-state index in [0.29, 0.717) is 19.0 Å². The van der Waals surface area contributed by atoms with E-state index < -0.39 is 17.1 Å². The summed E-state index contributed by atoms with van der Waals surface area (Å²) in [5.74, 6) is -0.0806. The van der Waals surface area contributed by atoms with Gasteiger partial charge < -0.3 is 10.1 Å². The molecular formula is C21H32N2O3. The number of morpholine rings is 1. The molecule has 1 atom stereocenters. The number of cyclic esters (lactones) is 1. The summed E-state index contributed by atoms with van der Waals surface area (Å²) in [5.41, 5.74) is 0.501. The molecule has 1 fully saturated rings. The number of benzene rings is 1. The van der Waals surface area contributed by atoms with Gasteiger partial charge in [-0.05, 0) is 57.9 Å². The average molecular weight is 360 g/mol. The Morgan fingerprint density at radius 2 is 1.88 bits per heavy atom. The average Bonchev–Trinajstić information content (AvgIpc) is 2.53. The molecule has 26 heavy (non-hydrogen) atoms. The predicted octanol–water partition coefficient (Wildman–Crippen LogP) is 3.80. The van der Waals surface area contributed by atoms with Crippen LogP contribution in [-0.2, 0) is 14.3 Å². The molecule has 1 saturated heterocycles. The molecular weight excluding hydrogens is 328 g/mol. The maximum Gasteiger partial charge on any atom is 0.325 e. The Balaban J connectivity index is 2.19. The van der Waals surface area contributed by atoms with Gasteiger partial charge in [0.2, 0.25) is 5.91 Å². The van der Waals surface area contributed by atoms with E-state index >= 15 is 0 Å². The number of anilines is 1. The van der Waals surface area contributed by atoms with Crippen LogP contribution < -0.4 is 5.32 Å². The van der Waals surface area contributed by atoms with Crippen molar-refractivity contribution in [2.75, 3.05) is 18.4 Å². The molecule has 1 aliphatic rings. The number of carbonyl (C=O) groups is 2. The SMILES string of the molecule is CCN1CC(C)(C)OC(=O)C1C(C)(C)C(=O)Nc1ccc(C(C)C)cc1. The maximum atomic E-state index is 13.0. The summed E-state index contributed by atoms with van der Waals surface area (Å²) in [6.07, 6.45) is 0. The molecule has 1 N–H and O–H groups in total. The lowest BCUT2D eigenvalue weighted by Crippen LogP contribution is -2.63. The summed E-state index contributed by atoms with van der Waals surface area (Å²) in [6.45, 7) is 15.0. The van der Waals surface area contributed by atoms with E-state index in [1.54, 1.807) is 13.8 Å². The highest BCUT2D eigenvalue weighted by Crippen LogP contribution is 2.34. The topological polar surface area (TPSA) is 58.6 Å². The summed E-state index contributed by atoms with van der Waals surface area (Å²) in [4.78, 5) is 27.7. The molecule has 1 aliphatic heterocycles. The summed E-state index contributed by atoms with van der Waals surface area (Å²) in [7, 11) is 0. The molecule has 0 aliphatic carbocycles. The third-order valence-electron chi connectivity index (χ3n) is 5.06. The summed E-state index contributed by atoms with van der Waals surface area (Å²) in [6, 6.07) is 7.24.